The fraction of sp³-hybridized carbons (Fsp3) is 0.238. The molecule has 3 aromatic heterocycles. The Hall–Kier alpha value is -3.13. The molecule has 4 rings (SSSR count). The van der Waals surface area contributed by atoms with Crippen LogP contribution >= 0.6 is 0 Å². The number of nitrogens with one attached hydrogen (secondary N) is 1. The number of hydrogen-bond donors (Lipinski definition) is 1. The van der Waals surface area contributed by atoms with Gasteiger partial charge in [0.25, 0.3) is 10.0 Å². The van der Waals surface area contributed by atoms with E-state index in [4.69, 9.17) is 0 Å². The summed E-state index contributed by atoms with van der Waals surface area (Å²) in [5.74, 6) is 0. The summed E-state index contributed by atoms with van der Waals surface area (Å²) in [6.07, 6.45) is 6.96. The van der Waals surface area contributed by atoms with E-state index >= 15 is 0 Å². The third kappa shape index (κ3) is 3.75. The highest BCUT2D eigenvalue weighted by Crippen LogP contribution is 2.27. The van der Waals surface area contributed by atoms with Crippen molar-refractivity contribution in [1.82, 2.24) is 18.9 Å². The molecule has 3 heterocycles. The van der Waals surface area contributed by atoms with Crippen molar-refractivity contribution in [1.29, 1.82) is 0 Å². The lowest BCUT2D eigenvalue weighted by atomic mass is 10.1. The Kier molecular flexibility index (Phi) is 4.66. The highest BCUT2D eigenvalue weighted by Gasteiger charge is 2.19. The first-order chi connectivity index (χ1) is 13.7. The SMILES string of the molecule is Cc1ccn2cc(-c3ccc(C)c(NS(=O)(=O)c4cn(C(C)C)cn4)c3)nc2c1. The molecule has 0 amide bonds. The fourth-order valence-corrected chi connectivity index (χ4v) is 4.11. The van der Waals surface area contributed by atoms with Gasteiger partial charge in [-0.05, 0) is 57.0 Å². The lowest BCUT2D eigenvalue weighted by Crippen LogP contribution is -2.14. The Labute approximate surface area is 170 Å². The van der Waals surface area contributed by atoms with Gasteiger partial charge in [-0.15, -0.1) is 0 Å². The number of imidazole rings is 2. The highest BCUT2D eigenvalue weighted by molar-refractivity contribution is 7.92. The van der Waals surface area contributed by atoms with Crippen LogP contribution in [0.4, 0.5) is 5.69 Å². The van der Waals surface area contributed by atoms with Crippen molar-refractivity contribution in [2.75, 3.05) is 4.72 Å². The van der Waals surface area contributed by atoms with Crippen LogP contribution in [0.2, 0.25) is 0 Å². The largest absolute Gasteiger partial charge is 0.334 e. The maximum absolute atomic E-state index is 12.8. The summed E-state index contributed by atoms with van der Waals surface area (Å²) in [5.41, 5.74) is 4.92. The van der Waals surface area contributed by atoms with Crippen molar-refractivity contribution in [2.45, 2.75) is 38.8 Å². The van der Waals surface area contributed by atoms with Crippen LogP contribution in [0.3, 0.4) is 0 Å². The average Bonchev–Trinajstić information content (AvgIpc) is 3.30. The molecule has 0 aliphatic heterocycles. The zero-order chi connectivity index (χ0) is 20.8. The Morgan fingerprint density at radius 1 is 1.07 bits per heavy atom. The molecule has 0 spiro atoms. The molecule has 0 atom stereocenters. The van der Waals surface area contributed by atoms with Crippen LogP contribution in [0.25, 0.3) is 16.9 Å². The van der Waals surface area contributed by atoms with E-state index in [0.29, 0.717) is 5.69 Å². The van der Waals surface area contributed by atoms with Crippen LogP contribution < -0.4 is 4.72 Å². The highest BCUT2D eigenvalue weighted by atomic mass is 32.2. The molecule has 8 heteroatoms. The summed E-state index contributed by atoms with van der Waals surface area (Å²) in [6.45, 7) is 7.82. The Morgan fingerprint density at radius 2 is 1.86 bits per heavy atom. The van der Waals surface area contributed by atoms with Crippen LogP contribution in [0.5, 0.6) is 0 Å². The van der Waals surface area contributed by atoms with Crippen molar-refractivity contribution in [2.24, 2.45) is 0 Å². The fourth-order valence-electron chi connectivity index (χ4n) is 3.05. The van der Waals surface area contributed by atoms with Crippen molar-refractivity contribution < 1.29 is 8.42 Å². The third-order valence-corrected chi connectivity index (χ3v) is 6.09. The Bertz CT molecular complexity index is 1300. The van der Waals surface area contributed by atoms with Gasteiger partial charge >= 0.3 is 0 Å². The average molecular weight is 410 g/mol. The summed E-state index contributed by atoms with van der Waals surface area (Å²) in [4.78, 5) is 8.71. The van der Waals surface area contributed by atoms with E-state index in [-0.39, 0.29) is 11.1 Å². The number of fused-ring (bicyclic) bond motifs is 1. The molecule has 150 valence electrons. The second kappa shape index (κ2) is 7.04. The third-order valence-electron chi connectivity index (χ3n) is 4.84. The predicted molar refractivity (Wildman–Crippen MR) is 114 cm³/mol. The molecular formula is C21H23N5O2S. The number of hydrogen-bond acceptors (Lipinski definition) is 4. The van der Waals surface area contributed by atoms with Gasteiger partial charge < -0.3 is 8.97 Å². The summed E-state index contributed by atoms with van der Waals surface area (Å²) < 4.78 is 32.0. The van der Waals surface area contributed by atoms with Crippen LogP contribution in [-0.2, 0) is 10.0 Å². The lowest BCUT2D eigenvalue weighted by molar-refractivity contribution is 0.591. The number of sulfonamides is 1. The predicted octanol–water partition coefficient (Wildman–Crippen LogP) is 4.20. The lowest BCUT2D eigenvalue weighted by Gasteiger charge is -2.10. The number of anilines is 1. The summed E-state index contributed by atoms with van der Waals surface area (Å²) >= 11 is 0. The molecule has 29 heavy (non-hydrogen) atoms. The van der Waals surface area contributed by atoms with Crippen molar-refractivity contribution in [3.8, 4) is 11.3 Å². The quantitative estimate of drug-likeness (QED) is 0.536. The number of aromatic nitrogens is 4. The number of benzene rings is 1. The van der Waals surface area contributed by atoms with Gasteiger partial charge in [-0.1, -0.05) is 12.1 Å². The van der Waals surface area contributed by atoms with Crippen LogP contribution in [-0.4, -0.2) is 27.4 Å². The number of rotatable bonds is 5. The molecule has 7 nitrogen and oxygen atoms in total. The summed E-state index contributed by atoms with van der Waals surface area (Å²) in [7, 11) is -3.79. The first kappa shape index (κ1) is 19.2. The first-order valence-corrected chi connectivity index (χ1v) is 10.8. The van der Waals surface area contributed by atoms with Gasteiger partial charge in [-0.25, -0.2) is 9.97 Å². The van der Waals surface area contributed by atoms with E-state index in [0.717, 1.165) is 28.0 Å². The summed E-state index contributed by atoms with van der Waals surface area (Å²) in [5, 5.41) is -0.000733. The minimum atomic E-state index is -3.79. The topological polar surface area (TPSA) is 81.3 Å². The van der Waals surface area contributed by atoms with Gasteiger partial charge in [-0.2, -0.15) is 8.42 Å². The van der Waals surface area contributed by atoms with E-state index in [1.807, 2.05) is 68.8 Å². The van der Waals surface area contributed by atoms with Gasteiger partial charge in [0.05, 0.1) is 17.7 Å². The van der Waals surface area contributed by atoms with Crippen LogP contribution in [0.1, 0.15) is 31.0 Å². The van der Waals surface area contributed by atoms with Gasteiger partial charge in [0.15, 0.2) is 5.03 Å². The van der Waals surface area contributed by atoms with Crippen LogP contribution in [0, 0.1) is 13.8 Å². The van der Waals surface area contributed by atoms with Crippen molar-refractivity contribution in [3.63, 3.8) is 0 Å². The molecule has 0 radical (unpaired) electrons. The zero-order valence-corrected chi connectivity index (χ0v) is 17.6. The second-order valence-corrected chi connectivity index (χ2v) is 9.11. The Morgan fingerprint density at radius 3 is 2.59 bits per heavy atom. The molecule has 0 unspecified atom stereocenters. The zero-order valence-electron chi connectivity index (χ0n) is 16.8. The van der Waals surface area contributed by atoms with E-state index < -0.39 is 10.0 Å². The molecule has 1 aromatic carbocycles. The van der Waals surface area contributed by atoms with Crippen molar-refractivity contribution >= 4 is 21.4 Å². The van der Waals surface area contributed by atoms with Crippen molar-refractivity contribution in [3.05, 3.63) is 66.4 Å². The van der Waals surface area contributed by atoms with Gasteiger partial charge in [0.2, 0.25) is 0 Å². The van der Waals surface area contributed by atoms with Gasteiger partial charge in [0, 0.05) is 30.2 Å². The van der Waals surface area contributed by atoms with E-state index in [1.165, 1.54) is 12.5 Å². The van der Waals surface area contributed by atoms with E-state index in [9.17, 15) is 8.42 Å². The second-order valence-electron chi connectivity index (χ2n) is 7.48. The summed E-state index contributed by atoms with van der Waals surface area (Å²) in [6, 6.07) is 9.79. The minimum Gasteiger partial charge on any atom is -0.334 e. The molecule has 0 aliphatic carbocycles. The molecule has 0 fully saturated rings. The maximum Gasteiger partial charge on any atom is 0.280 e. The minimum absolute atomic E-state index is 0.000733. The van der Waals surface area contributed by atoms with Crippen LogP contribution in [0.15, 0.2) is 60.3 Å². The first-order valence-electron chi connectivity index (χ1n) is 9.35. The number of nitrogens with zero attached hydrogens (tertiary/aromatic N) is 4. The maximum atomic E-state index is 12.8. The molecular weight excluding hydrogens is 386 g/mol. The van der Waals surface area contributed by atoms with E-state index in [2.05, 4.69) is 14.7 Å². The monoisotopic (exact) mass is 409 g/mol. The number of aryl methyl sites for hydroxylation is 2. The number of pyridine rings is 1. The molecule has 4 aromatic rings. The van der Waals surface area contributed by atoms with Gasteiger partial charge in [0.1, 0.15) is 5.65 Å². The normalized spacial score (nSPS) is 12.0. The molecule has 0 saturated carbocycles. The van der Waals surface area contributed by atoms with Gasteiger partial charge in [-0.3, -0.25) is 4.72 Å². The standard InChI is InChI=1S/C21H23N5O2S/c1-14(2)26-12-21(22-13-26)29(27,28)24-18-10-17(6-5-16(18)4)19-11-25-8-7-15(3)9-20(25)23-19/h5-14,24H,1-4H3. The molecule has 1 N–H and O–H groups in total. The smallest absolute Gasteiger partial charge is 0.280 e. The molecule has 0 saturated heterocycles. The molecule has 0 aliphatic rings. The Balaban J connectivity index is 1.69. The molecule has 0 bridgehead atoms. The van der Waals surface area contributed by atoms with E-state index in [1.54, 1.807) is 10.6 Å².